The zero-order valence-corrected chi connectivity index (χ0v) is 13.0. The van der Waals surface area contributed by atoms with Crippen LogP contribution in [0.2, 0.25) is 5.02 Å². The Morgan fingerprint density at radius 1 is 1.52 bits per heavy atom. The molecule has 0 amide bonds. The van der Waals surface area contributed by atoms with Crippen molar-refractivity contribution in [3.8, 4) is 5.75 Å². The molecule has 1 atom stereocenters. The highest BCUT2D eigenvalue weighted by Gasteiger charge is 2.22. The first-order valence-electron chi connectivity index (χ1n) is 6.98. The lowest BCUT2D eigenvalue weighted by atomic mass is 10.0. The fourth-order valence-corrected chi connectivity index (χ4v) is 2.49. The second-order valence-corrected chi connectivity index (χ2v) is 5.28. The second-order valence-electron chi connectivity index (χ2n) is 4.87. The number of benzene rings is 1. The Hall–Kier alpha value is -1.75. The molecule has 0 fully saturated rings. The Bertz CT molecular complexity index is 665. The topological polar surface area (TPSA) is 72.6 Å². The fraction of sp³-hybridized carbons (Fsp3) is 0.467. The molecule has 1 aromatic carbocycles. The SMILES string of the molecule is CCCc1c(OC(C)C(=O)O)c(Cl)cc2c(CC)noc12. The van der Waals surface area contributed by atoms with Crippen LogP contribution in [0, 0.1) is 0 Å². The molecule has 21 heavy (non-hydrogen) atoms. The molecule has 6 heteroatoms. The van der Waals surface area contributed by atoms with Crippen molar-refractivity contribution in [2.75, 3.05) is 0 Å². The molecule has 1 heterocycles. The number of rotatable bonds is 6. The number of carboxylic acids is 1. The molecule has 1 aromatic heterocycles. The highest BCUT2D eigenvalue weighted by Crippen LogP contribution is 2.38. The number of carbonyl (C=O) groups is 1. The van der Waals surface area contributed by atoms with Gasteiger partial charge in [-0.05, 0) is 25.8 Å². The molecule has 0 radical (unpaired) electrons. The summed E-state index contributed by atoms with van der Waals surface area (Å²) in [6.45, 7) is 5.48. The number of hydrogen-bond donors (Lipinski definition) is 1. The van der Waals surface area contributed by atoms with Gasteiger partial charge in [0, 0.05) is 10.9 Å². The lowest BCUT2D eigenvalue weighted by Crippen LogP contribution is -2.23. The van der Waals surface area contributed by atoms with E-state index in [-0.39, 0.29) is 0 Å². The first-order chi connectivity index (χ1) is 9.99. The number of aliphatic carboxylic acids is 1. The first kappa shape index (κ1) is 15.6. The maximum absolute atomic E-state index is 11.0. The molecular formula is C15H18ClNO4. The van der Waals surface area contributed by atoms with Crippen LogP contribution in [0.1, 0.15) is 38.4 Å². The lowest BCUT2D eigenvalue weighted by molar-refractivity contribution is -0.144. The molecule has 114 valence electrons. The van der Waals surface area contributed by atoms with Gasteiger partial charge in [0.25, 0.3) is 0 Å². The molecule has 0 aliphatic rings. The van der Waals surface area contributed by atoms with E-state index in [1.54, 1.807) is 6.07 Å². The smallest absolute Gasteiger partial charge is 0.344 e. The Kier molecular flexibility index (Phi) is 4.73. The van der Waals surface area contributed by atoms with Gasteiger partial charge in [-0.1, -0.05) is 37.0 Å². The zero-order chi connectivity index (χ0) is 15.6. The average Bonchev–Trinajstić information content (AvgIpc) is 2.84. The summed E-state index contributed by atoms with van der Waals surface area (Å²) in [5, 5.41) is 14.3. The van der Waals surface area contributed by atoms with Gasteiger partial charge in [0.15, 0.2) is 11.7 Å². The van der Waals surface area contributed by atoms with E-state index >= 15 is 0 Å². The molecule has 0 aliphatic heterocycles. The Morgan fingerprint density at radius 3 is 2.81 bits per heavy atom. The van der Waals surface area contributed by atoms with Gasteiger partial charge in [-0.25, -0.2) is 4.79 Å². The molecular weight excluding hydrogens is 294 g/mol. The first-order valence-corrected chi connectivity index (χ1v) is 7.36. The minimum atomic E-state index is -1.04. The summed E-state index contributed by atoms with van der Waals surface area (Å²) in [6, 6.07) is 1.73. The van der Waals surface area contributed by atoms with Gasteiger partial charge >= 0.3 is 5.97 Å². The third-order valence-electron chi connectivity index (χ3n) is 3.32. The van der Waals surface area contributed by atoms with Gasteiger partial charge in [0.05, 0.1) is 10.7 Å². The van der Waals surface area contributed by atoms with Crippen LogP contribution in [-0.2, 0) is 17.6 Å². The van der Waals surface area contributed by atoms with Crippen LogP contribution in [0.3, 0.4) is 0 Å². The van der Waals surface area contributed by atoms with E-state index in [2.05, 4.69) is 5.16 Å². The van der Waals surface area contributed by atoms with Crippen molar-refractivity contribution in [3.63, 3.8) is 0 Å². The predicted molar refractivity (Wildman–Crippen MR) is 80.1 cm³/mol. The number of aryl methyl sites for hydroxylation is 2. The van der Waals surface area contributed by atoms with Crippen LogP contribution in [0.25, 0.3) is 11.0 Å². The number of hydrogen-bond acceptors (Lipinski definition) is 4. The van der Waals surface area contributed by atoms with E-state index in [0.717, 1.165) is 29.5 Å². The van der Waals surface area contributed by atoms with E-state index in [9.17, 15) is 4.79 Å². The van der Waals surface area contributed by atoms with Crippen molar-refractivity contribution in [1.29, 1.82) is 0 Å². The van der Waals surface area contributed by atoms with Crippen molar-refractivity contribution < 1.29 is 19.2 Å². The van der Waals surface area contributed by atoms with Crippen molar-refractivity contribution in [3.05, 3.63) is 22.3 Å². The maximum atomic E-state index is 11.0. The van der Waals surface area contributed by atoms with E-state index < -0.39 is 12.1 Å². The second kappa shape index (κ2) is 6.35. The van der Waals surface area contributed by atoms with Crippen molar-refractivity contribution in [2.45, 2.75) is 46.1 Å². The summed E-state index contributed by atoms with van der Waals surface area (Å²) in [4.78, 5) is 11.0. The van der Waals surface area contributed by atoms with Gasteiger partial charge in [0.2, 0.25) is 0 Å². The van der Waals surface area contributed by atoms with Gasteiger partial charge in [-0.3, -0.25) is 0 Å². The molecule has 0 spiro atoms. The molecule has 0 saturated carbocycles. The number of carboxylic acid groups (broad SMARTS) is 1. The summed E-state index contributed by atoms with van der Waals surface area (Å²) in [6.07, 6.45) is 1.29. The minimum absolute atomic E-state index is 0.375. The zero-order valence-electron chi connectivity index (χ0n) is 12.3. The molecule has 0 aliphatic carbocycles. The van der Waals surface area contributed by atoms with E-state index in [1.165, 1.54) is 6.92 Å². The summed E-state index contributed by atoms with van der Waals surface area (Å²) in [5.74, 6) is -0.667. The van der Waals surface area contributed by atoms with Crippen LogP contribution >= 0.6 is 11.6 Å². The van der Waals surface area contributed by atoms with Gasteiger partial charge in [-0.2, -0.15) is 0 Å². The van der Waals surface area contributed by atoms with Gasteiger partial charge in [0.1, 0.15) is 5.75 Å². The largest absolute Gasteiger partial charge is 0.479 e. The highest BCUT2D eigenvalue weighted by molar-refractivity contribution is 6.33. The number of nitrogens with zero attached hydrogens (tertiary/aromatic N) is 1. The Morgan fingerprint density at radius 2 is 2.24 bits per heavy atom. The van der Waals surface area contributed by atoms with Crippen LogP contribution in [0.4, 0.5) is 0 Å². The molecule has 1 unspecified atom stereocenters. The van der Waals surface area contributed by atoms with Crippen LogP contribution in [0.15, 0.2) is 10.6 Å². The number of ether oxygens (including phenoxy) is 1. The van der Waals surface area contributed by atoms with E-state index in [4.69, 9.17) is 26.0 Å². The number of halogens is 1. The normalized spacial score (nSPS) is 12.6. The minimum Gasteiger partial charge on any atom is -0.479 e. The van der Waals surface area contributed by atoms with Crippen molar-refractivity contribution in [2.24, 2.45) is 0 Å². The quantitative estimate of drug-likeness (QED) is 0.877. The summed E-state index contributed by atoms with van der Waals surface area (Å²) >= 11 is 6.29. The molecule has 1 N–H and O–H groups in total. The average molecular weight is 312 g/mol. The van der Waals surface area contributed by atoms with Crippen molar-refractivity contribution >= 4 is 28.5 Å². The summed E-state index contributed by atoms with van der Waals surface area (Å²) in [7, 11) is 0. The molecule has 0 saturated heterocycles. The standard InChI is InChI=1S/C15H18ClNO4/c1-4-6-9-13-10(12(5-2)17-21-13)7-11(16)14(9)20-8(3)15(18)19/h7-8H,4-6H2,1-3H3,(H,18,19). The monoisotopic (exact) mass is 311 g/mol. The Labute approximate surface area is 127 Å². The molecule has 5 nitrogen and oxygen atoms in total. The molecule has 2 rings (SSSR count). The fourth-order valence-electron chi connectivity index (χ4n) is 2.22. The lowest BCUT2D eigenvalue weighted by Gasteiger charge is -2.16. The molecule has 0 bridgehead atoms. The van der Waals surface area contributed by atoms with Crippen LogP contribution < -0.4 is 4.74 Å². The van der Waals surface area contributed by atoms with Gasteiger partial charge < -0.3 is 14.4 Å². The maximum Gasteiger partial charge on any atom is 0.344 e. The van der Waals surface area contributed by atoms with E-state index in [0.29, 0.717) is 22.8 Å². The van der Waals surface area contributed by atoms with Crippen LogP contribution in [0.5, 0.6) is 5.75 Å². The van der Waals surface area contributed by atoms with Crippen molar-refractivity contribution in [1.82, 2.24) is 5.16 Å². The summed E-state index contributed by atoms with van der Waals surface area (Å²) in [5.41, 5.74) is 2.24. The third kappa shape index (κ3) is 2.97. The highest BCUT2D eigenvalue weighted by atomic mass is 35.5. The van der Waals surface area contributed by atoms with E-state index in [1.807, 2.05) is 13.8 Å². The number of fused-ring (bicyclic) bond motifs is 1. The predicted octanol–water partition coefficient (Wildman–Crippen LogP) is 3.85. The number of aromatic nitrogens is 1. The van der Waals surface area contributed by atoms with Crippen LogP contribution in [-0.4, -0.2) is 22.3 Å². The Balaban J connectivity index is 2.60. The summed E-state index contributed by atoms with van der Waals surface area (Å²) < 4.78 is 10.9. The molecule has 2 aromatic rings. The third-order valence-corrected chi connectivity index (χ3v) is 3.60. The van der Waals surface area contributed by atoms with Gasteiger partial charge in [-0.15, -0.1) is 0 Å².